The molecule has 1 aromatic heterocycles. The number of rotatable bonds is 4. The molecular weight excluding hydrogens is 284 g/mol. The summed E-state index contributed by atoms with van der Waals surface area (Å²) in [7, 11) is 0. The fourth-order valence-corrected chi connectivity index (χ4v) is 2.69. The zero-order valence-electron chi connectivity index (χ0n) is 13.4. The minimum Gasteiger partial charge on any atom is -0.444 e. The number of hydrogen-bond donors (Lipinski definition) is 2. The summed E-state index contributed by atoms with van der Waals surface area (Å²) in [6, 6.07) is 0.381. The molecule has 2 fully saturated rings. The molecule has 22 heavy (non-hydrogen) atoms. The van der Waals surface area contributed by atoms with Crippen LogP contribution in [0.15, 0.2) is 4.52 Å². The molecule has 2 saturated carbocycles. The van der Waals surface area contributed by atoms with Gasteiger partial charge in [0.1, 0.15) is 5.60 Å². The summed E-state index contributed by atoms with van der Waals surface area (Å²) in [5.74, 6) is 1.77. The first-order valence-corrected chi connectivity index (χ1v) is 7.99. The Morgan fingerprint density at radius 2 is 1.95 bits per heavy atom. The fraction of sp³-hybridized carbons (Fsp3) is 0.800. The third-order valence-electron chi connectivity index (χ3n) is 3.86. The topological polar surface area (TPSA) is 89.3 Å². The van der Waals surface area contributed by atoms with E-state index < -0.39 is 5.60 Å². The van der Waals surface area contributed by atoms with Crippen molar-refractivity contribution in [1.82, 2.24) is 15.5 Å². The predicted octanol–water partition coefficient (Wildman–Crippen LogP) is 2.80. The van der Waals surface area contributed by atoms with E-state index in [9.17, 15) is 4.79 Å². The first-order chi connectivity index (χ1) is 10.4. The molecule has 0 aromatic carbocycles. The van der Waals surface area contributed by atoms with Gasteiger partial charge in [-0.15, -0.1) is 0 Å². The smallest absolute Gasteiger partial charge is 0.407 e. The largest absolute Gasteiger partial charge is 0.444 e. The van der Waals surface area contributed by atoms with E-state index in [-0.39, 0.29) is 18.2 Å². The lowest BCUT2D eigenvalue weighted by molar-refractivity contribution is 0.0505. The Bertz CT molecular complexity index is 533. The highest BCUT2D eigenvalue weighted by molar-refractivity contribution is 5.68. The summed E-state index contributed by atoms with van der Waals surface area (Å²) in [4.78, 5) is 16.1. The third kappa shape index (κ3) is 4.11. The zero-order valence-corrected chi connectivity index (χ0v) is 13.4. The summed E-state index contributed by atoms with van der Waals surface area (Å²) in [6.45, 7) is 5.58. The van der Waals surface area contributed by atoms with Crippen molar-refractivity contribution in [3.05, 3.63) is 5.89 Å². The lowest BCUT2D eigenvalue weighted by atomic mass is 10.2. The second kappa shape index (κ2) is 5.78. The van der Waals surface area contributed by atoms with Gasteiger partial charge < -0.3 is 19.9 Å². The van der Waals surface area contributed by atoms with E-state index in [2.05, 4.69) is 20.8 Å². The Hall–Kier alpha value is -1.79. The van der Waals surface area contributed by atoms with E-state index in [1.54, 1.807) is 0 Å². The number of carbonyl (C=O) groups is 1. The van der Waals surface area contributed by atoms with Crippen molar-refractivity contribution >= 4 is 12.0 Å². The molecule has 0 spiro atoms. The average Bonchev–Trinajstić information content (AvgIpc) is 2.99. The highest BCUT2D eigenvalue weighted by Gasteiger charge is 2.31. The molecule has 7 nitrogen and oxygen atoms in total. The molecule has 0 saturated heterocycles. The highest BCUT2D eigenvalue weighted by Crippen LogP contribution is 2.39. The number of ether oxygens (including phenoxy) is 1. The Morgan fingerprint density at radius 3 is 2.64 bits per heavy atom. The van der Waals surface area contributed by atoms with Crippen LogP contribution in [0.1, 0.15) is 64.7 Å². The molecule has 0 bridgehead atoms. The van der Waals surface area contributed by atoms with Gasteiger partial charge in [0, 0.05) is 18.0 Å². The minimum atomic E-state index is -0.468. The Morgan fingerprint density at radius 1 is 1.23 bits per heavy atom. The van der Waals surface area contributed by atoms with Crippen LogP contribution in [0.25, 0.3) is 0 Å². The molecular formula is C15H24N4O3. The molecule has 2 aliphatic rings. The van der Waals surface area contributed by atoms with Crippen molar-refractivity contribution in [3.63, 3.8) is 0 Å². The van der Waals surface area contributed by atoms with Gasteiger partial charge in [-0.05, 0) is 58.0 Å². The molecule has 2 N–H and O–H groups in total. The standard InChI is InChI=1S/C15H24N4O3/c1-15(2,3)21-14(20)17-11-7-6-10(8-11)16-13-18-12(22-19-13)9-4-5-9/h9-11H,4-8H2,1-3H3,(H,16,19)(H,17,20)/t10-,11-/m0/s1. The van der Waals surface area contributed by atoms with Crippen LogP contribution in [-0.2, 0) is 4.74 Å². The Labute approximate surface area is 130 Å². The highest BCUT2D eigenvalue weighted by atomic mass is 16.6. The minimum absolute atomic E-state index is 0.127. The number of aromatic nitrogens is 2. The first-order valence-electron chi connectivity index (χ1n) is 7.99. The molecule has 7 heteroatoms. The maximum Gasteiger partial charge on any atom is 0.407 e. The van der Waals surface area contributed by atoms with Crippen molar-refractivity contribution in [2.24, 2.45) is 0 Å². The number of alkyl carbamates (subject to hydrolysis) is 1. The van der Waals surface area contributed by atoms with Gasteiger partial charge in [0.25, 0.3) is 5.95 Å². The number of carbonyl (C=O) groups excluding carboxylic acids is 1. The number of nitrogens with one attached hydrogen (secondary N) is 2. The van der Waals surface area contributed by atoms with Crippen molar-refractivity contribution in [2.75, 3.05) is 5.32 Å². The van der Waals surface area contributed by atoms with Crippen LogP contribution in [0.4, 0.5) is 10.7 Å². The predicted molar refractivity (Wildman–Crippen MR) is 80.7 cm³/mol. The van der Waals surface area contributed by atoms with Crippen molar-refractivity contribution < 1.29 is 14.1 Å². The van der Waals surface area contributed by atoms with Gasteiger partial charge >= 0.3 is 6.09 Å². The van der Waals surface area contributed by atoms with Crippen LogP contribution in [0.3, 0.4) is 0 Å². The number of anilines is 1. The average molecular weight is 308 g/mol. The Kier molecular flexibility index (Phi) is 3.97. The maximum absolute atomic E-state index is 11.8. The van der Waals surface area contributed by atoms with E-state index in [1.165, 1.54) is 0 Å². The molecule has 122 valence electrons. The second-order valence-electron chi connectivity index (χ2n) is 7.23. The van der Waals surface area contributed by atoms with Crippen molar-refractivity contribution in [1.29, 1.82) is 0 Å². The molecule has 1 aromatic rings. The van der Waals surface area contributed by atoms with Crippen LogP contribution in [-0.4, -0.2) is 33.9 Å². The molecule has 0 radical (unpaired) electrons. The lowest BCUT2D eigenvalue weighted by Gasteiger charge is -2.21. The first kappa shape index (κ1) is 15.1. The molecule has 3 rings (SSSR count). The van der Waals surface area contributed by atoms with E-state index in [0.717, 1.165) is 38.0 Å². The van der Waals surface area contributed by atoms with Gasteiger partial charge in [-0.1, -0.05) is 0 Å². The summed E-state index contributed by atoms with van der Waals surface area (Å²) in [5.41, 5.74) is -0.468. The summed E-state index contributed by atoms with van der Waals surface area (Å²) < 4.78 is 10.5. The van der Waals surface area contributed by atoms with Gasteiger partial charge in [0.05, 0.1) is 0 Å². The van der Waals surface area contributed by atoms with Crippen molar-refractivity contribution in [3.8, 4) is 0 Å². The Balaban J connectivity index is 1.44. The van der Waals surface area contributed by atoms with E-state index in [1.807, 2.05) is 20.8 Å². The number of hydrogen-bond acceptors (Lipinski definition) is 6. The quantitative estimate of drug-likeness (QED) is 0.889. The van der Waals surface area contributed by atoms with Gasteiger partial charge in [-0.25, -0.2) is 4.79 Å². The third-order valence-corrected chi connectivity index (χ3v) is 3.86. The van der Waals surface area contributed by atoms with Crippen molar-refractivity contribution in [2.45, 2.75) is 76.5 Å². The number of amides is 1. The van der Waals surface area contributed by atoms with E-state index in [4.69, 9.17) is 9.26 Å². The summed E-state index contributed by atoms with van der Waals surface area (Å²) >= 11 is 0. The van der Waals surface area contributed by atoms with E-state index in [0.29, 0.717) is 11.9 Å². The molecule has 2 aliphatic carbocycles. The lowest BCUT2D eigenvalue weighted by Crippen LogP contribution is -2.38. The van der Waals surface area contributed by atoms with Crippen LogP contribution >= 0.6 is 0 Å². The monoisotopic (exact) mass is 308 g/mol. The van der Waals surface area contributed by atoms with Gasteiger partial charge in [0.15, 0.2) is 0 Å². The summed E-state index contributed by atoms with van der Waals surface area (Å²) in [6.07, 6.45) is 4.67. The zero-order chi connectivity index (χ0) is 15.7. The summed E-state index contributed by atoms with van der Waals surface area (Å²) in [5, 5.41) is 10.2. The normalized spacial score (nSPS) is 25.0. The maximum atomic E-state index is 11.8. The van der Waals surface area contributed by atoms with Gasteiger partial charge in [-0.3, -0.25) is 0 Å². The fourth-order valence-electron chi connectivity index (χ4n) is 2.69. The molecule has 2 atom stereocenters. The van der Waals surface area contributed by atoms with Gasteiger partial charge in [0.2, 0.25) is 5.89 Å². The molecule has 1 amide bonds. The molecule has 1 heterocycles. The second-order valence-corrected chi connectivity index (χ2v) is 7.23. The van der Waals surface area contributed by atoms with Crippen LogP contribution in [0, 0.1) is 0 Å². The number of nitrogens with zero attached hydrogens (tertiary/aromatic N) is 2. The van der Waals surface area contributed by atoms with Gasteiger partial charge in [-0.2, -0.15) is 4.98 Å². The molecule has 0 aliphatic heterocycles. The van der Waals surface area contributed by atoms with Crippen LogP contribution < -0.4 is 10.6 Å². The van der Waals surface area contributed by atoms with Crippen LogP contribution in [0.2, 0.25) is 0 Å². The molecule has 0 unspecified atom stereocenters. The van der Waals surface area contributed by atoms with E-state index >= 15 is 0 Å². The SMILES string of the molecule is CC(C)(C)OC(=O)N[C@H]1CC[C@H](Nc2noc(C3CC3)n2)C1. The van der Waals surface area contributed by atoms with Crippen LogP contribution in [0.5, 0.6) is 0 Å².